The zero-order valence-electron chi connectivity index (χ0n) is 7.71. The molecule has 0 bridgehead atoms. The third-order valence-corrected chi connectivity index (χ3v) is 2.29. The van der Waals surface area contributed by atoms with Crippen LogP contribution in [0.3, 0.4) is 0 Å². The summed E-state index contributed by atoms with van der Waals surface area (Å²) in [6, 6.07) is 0. The van der Waals surface area contributed by atoms with Crippen LogP contribution in [-0.4, -0.2) is 14.7 Å². The number of allylic oxidation sites excluding steroid dienone is 1. The number of ether oxygens (including phenoxy) is 1. The third kappa shape index (κ3) is 2.82. The van der Waals surface area contributed by atoms with E-state index in [1.807, 2.05) is 0 Å². The number of hydrogen-bond donors (Lipinski definition) is 2. The number of dihydropyridines is 1. The summed E-state index contributed by atoms with van der Waals surface area (Å²) in [6.07, 6.45) is 7.69. The molecule has 1 aromatic rings. The molecule has 80 valence electrons. The number of H-pyrrole nitrogens is 1. The smallest absolute Gasteiger partial charge is 0.255 e. The minimum Gasteiger partial charge on any atom is -0.484 e. The highest BCUT2D eigenvalue weighted by molar-refractivity contribution is 9.10. The van der Waals surface area contributed by atoms with Gasteiger partial charge in [0, 0.05) is 18.6 Å². The first-order valence-corrected chi connectivity index (χ1v) is 5.11. The number of aromatic amines is 1. The largest absolute Gasteiger partial charge is 0.484 e. The SMILES string of the molecule is FC1(Br)C=CC(OCc2ncc[nH]2)=CN1. The summed E-state index contributed by atoms with van der Waals surface area (Å²) in [7, 11) is 0. The summed E-state index contributed by atoms with van der Waals surface area (Å²) in [5.41, 5.74) is 0. The van der Waals surface area contributed by atoms with Crippen LogP contribution in [0.15, 0.2) is 36.5 Å². The molecule has 1 aliphatic heterocycles. The minimum absolute atomic E-state index is 0.326. The molecule has 2 heterocycles. The van der Waals surface area contributed by atoms with E-state index in [4.69, 9.17) is 4.74 Å². The number of nitrogens with one attached hydrogen (secondary N) is 2. The Kier molecular flexibility index (Phi) is 2.77. The standard InChI is InChI=1S/C9H9BrFN3O/c10-9(11)2-1-7(5-14-9)15-6-8-12-3-4-13-8/h1-5,14H,6H2,(H,12,13). The van der Waals surface area contributed by atoms with Gasteiger partial charge in [-0.15, -0.1) is 0 Å². The minimum atomic E-state index is -1.68. The maximum atomic E-state index is 13.2. The average molecular weight is 274 g/mol. The third-order valence-electron chi connectivity index (χ3n) is 1.79. The predicted molar refractivity (Wildman–Crippen MR) is 56.5 cm³/mol. The van der Waals surface area contributed by atoms with Gasteiger partial charge in [-0.25, -0.2) is 9.37 Å². The Bertz CT molecular complexity index is 386. The van der Waals surface area contributed by atoms with Crippen molar-refractivity contribution in [2.75, 3.05) is 0 Å². The maximum Gasteiger partial charge on any atom is 0.255 e. The average Bonchev–Trinajstić information content (AvgIpc) is 2.69. The second-order valence-electron chi connectivity index (χ2n) is 2.97. The number of nitrogens with zero attached hydrogens (tertiary/aromatic N) is 1. The molecule has 6 heteroatoms. The van der Waals surface area contributed by atoms with Gasteiger partial charge in [0.25, 0.3) is 4.70 Å². The fourth-order valence-corrected chi connectivity index (χ4v) is 1.32. The van der Waals surface area contributed by atoms with E-state index in [-0.39, 0.29) is 0 Å². The highest BCUT2D eigenvalue weighted by Gasteiger charge is 2.22. The lowest BCUT2D eigenvalue weighted by Crippen LogP contribution is -2.30. The quantitative estimate of drug-likeness (QED) is 0.654. The molecule has 0 saturated carbocycles. The molecule has 1 aromatic heterocycles. The molecule has 15 heavy (non-hydrogen) atoms. The molecule has 0 aromatic carbocycles. The molecule has 1 unspecified atom stereocenters. The van der Waals surface area contributed by atoms with Gasteiger partial charge in [0.05, 0.1) is 0 Å². The fourth-order valence-electron chi connectivity index (χ4n) is 1.07. The molecule has 0 radical (unpaired) electrons. The Hall–Kier alpha value is -1.30. The van der Waals surface area contributed by atoms with Gasteiger partial charge in [-0.3, -0.25) is 0 Å². The first-order valence-electron chi connectivity index (χ1n) is 4.32. The molecule has 2 rings (SSSR count). The van der Waals surface area contributed by atoms with E-state index < -0.39 is 4.70 Å². The van der Waals surface area contributed by atoms with E-state index in [1.165, 1.54) is 12.3 Å². The van der Waals surface area contributed by atoms with Gasteiger partial charge in [-0.1, -0.05) is 0 Å². The zero-order valence-corrected chi connectivity index (χ0v) is 9.29. The van der Waals surface area contributed by atoms with Crippen molar-refractivity contribution in [1.29, 1.82) is 0 Å². The maximum absolute atomic E-state index is 13.2. The van der Waals surface area contributed by atoms with Gasteiger partial charge in [-0.05, 0) is 28.1 Å². The molecule has 2 N–H and O–H groups in total. The number of hydrogen-bond acceptors (Lipinski definition) is 3. The Balaban J connectivity index is 1.87. The van der Waals surface area contributed by atoms with Gasteiger partial charge < -0.3 is 15.0 Å². The molecular formula is C9H9BrFN3O. The number of imidazole rings is 1. The summed E-state index contributed by atoms with van der Waals surface area (Å²) < 4.78 is 16.8. The van der Waals surface area contributed by atoms with Gasteiger partial charge in [-0.2, -0.15) is 0 Å². The first-order chi connectivity index (χ1) is 7.16. The van der Waals surface area contributed by atoms with E-state index in [2.05, 4.69) is 31.2 Å². The molecule has 0 saturated heterocycles. The lowest BCUT2D eigenvalue weighted by molar-refractivity contribution is 0.195. The van der Waals surface area contributed by atoms with E-state index in [9.17, 15) is 4.39 Å². The monoisotopic (exact) mass is 273 g/mol. The van der Waals surface area contributed by atoms with Crippen molar-refractivity contribution in [1.82, 2.24) is 15.3 Å². The van der Waals surface area contributed by atoms with Gasteiger partial charge in [0.2, 0.25) is 0 Å². The van der Waals surface area contributed by atoms with Crippen LogP contribution in [0.4, 0.5) is 4.39 Å². The number of aromatic nitrogens is 2. The van der Waals surface area contributed by atoms with E-state index >= 15 is 0 Å². The summed E-state index contributed by atoms with van der Waals surface area (Å²) >= 11 is 2.83. The van der Waals surface area contributed by atoms with Crippen LogP contribution in [0.5, 0.6) is 0 Å². The fraction of sp³-hybridized carbons (Fsp3) is 0.222. The lowest BCUT2D eigenvalue weighted by atomic mass is 10.3. The summed E-state index contributed by atoms with van der Waals surface area (Å²) in [4.78, 5) is 6.90. The number of alkyl halides is 2. The Labute approximate surface area is 94.4 Å². The van der Waals surface area contributed by atoms with Crippen molar-refractivity contribution in [3.05, 3.63) is 42.3 Å². The molecule has 0 amide bonds. The summed E-state index contributed by atoms with van der Waals surface area (Å²) in [5, 5.41) is 2.48. The van der Waals surface area contributed by atoms with Crippen LogP contribution in [0.25, 0.3) is 0 Å². The van der Waals surface area contributed by atoms with Crippen LogP contribution in [-0.2, 0) is 11.3 Å². The zero-order chi connectivity index (χ0) is 10.7. The second kappa shape index (κ2) is 4.06. The van der Waals surface area contributed by atoms with Crippen molar-refractivity contribution in [3.63, 3.8) is 0 Å². The van der Waals surface area contributed by atoms with Gasteiger partial charge in [0.1, 0.15) is 18.2 Å². The predicted octanol–water partition coefficient (Wildman–Crippen LogP) is 1.95. The summed E-state index contributed by atoms with van der Waals surface area (Å²) in [5.74, 6) is 1.28. The van der Waals surface area contributed by atoms with Crippen molar-refractivity contribution in [3.8, 4) is 0 Å². The second-order valence-corrected chi connectivity index (χ2v) is 4.13. The Morgan fingerprint density at radius 2 is 2.47 bits per heavy atom. The summed E-state index contributed by atoms with van der Waals surface area (Å²) in [6.45, 7) is 0.326. The van der Waals surface area contributed by atoms with Crippen molar-refractivity contribution >= 4 is 15.9 Å². The van der Waals surface area contributed by atoms with Crippen molar-refractivity contribution in [2.45, 2.75) is 11.3 Å². The van der Waals surface area contributed by atoms with Crippen LogP contribution in [0, 0.1) is 0 Å². The Morgan fingerprint density at radius 1 is 1.60 bits per heavy atom. The molecule has 4 nitrogen and oxygen atoms in total. The van der Waals surface area contributed by atoms with E-state index in [1.54, 1.807) is 18.5 Å². The van der Waals surface area contributed by atoms with Crippen molar-refractivity contribution < 1.29 is 9.13 Å². The number of halogens is 2. The van der Waals surface area contributed by atoms with Crippen LogP contribution in [0.1, 0.15) is 5.82 Å². The number of rotatable bonds is 3. The molecule has 0 spiro atoms. The topological polar surface area (TPSA) is 49.9 Å². The van der Waals surface area contributed by atoms with Crippen molar-refractivity contribution in [2.24, 2.45) is 0 Å². The highest BCUT2D eigenvalue weighted by atomic mass is 79.9. The first kappa shape index (κ1) is 10.2. The van der Waals surface area contributed by atoms with Crippen LogP contribution >= 0.6 is 15.9 Å². The normalized spacial score (nSPS) is 24.5. The van der Waals surface area contributed by atoms with Gasteiger partial charge >= 0.3 is 0 Å². The molecule has 1 aliphatic rings. The Morgan fingerprint density at radius 3 is 3.07 bits per heavy atom. The van der Waals surface area contributed by atoms with Gasteiger partial charge in [0.15, 0.2) is 0 Å². The van der Waals surface area contributed by atoms with E-state index in [0.29, 0.717) is 12.4 Å². The van der Waals surface area contributed by atoms with Crippen LogP contribution < -0.4 is 5.32 Å². The lowest BCUT2D eigenvalue weighted by Gasteiger charge is -2.19. The molecular weight excluding hydrogens is 265 g/mol. The molecule has 1 atom stereocenters. The molecule has 0 fully saturated rings. The molecule has 0 aliphatic carbocycles. The highest BCUT2D eigenvalue weighted by Crippen LogP contribution is 2.22. The van der Waals surface area contributed by atoms with Crippen LogP contribution in [0.2, 0.25) is 0 Å². The van der Waals surface area contributed by atoms with E-state index in [0.717, 1.165) is 5.82 Å².